The molecule has 2 atom stereocenters. The summed E-state index contributed by atoms with van der Waals surface area (Å²) in [5.41, 5.74) is 0.786. The van der Waals surface area contributed by atoms with Crippen LogP contribution >= 0.6 is 0 Å². The Labute approximate surface area is 119 Å². The van der Waals surface area contributed by atoms with Crippen LogP contribution in [0.2, 0.25) is 0 Å². The van der Waals surface area contributed by atoms with Gasteiger partial charge < -0.3 is 4.90 Å². The molecule has 1 amide bonds. The van der Waals surface area contributed by atoms with E-state index in [1.165, 1.54) is 4.31 Å². The van der Waals surface area contributed by atoms with Crippen molar-refractivity contribution in [3.8, 4) is 0 Å². The monoisotopic (exact) mass is 294 g/mol. The Kier molecular flexibility index (Phi) is 3.30. The molecular formula is C14H18N2O3S. The molecule has 0 N–H and O–H groups in total. The number of likely N-dealkylation sites (N-methyl/N-ethyl adjacent to an activating group) is 1. The van der Waals surface area contributed by atoms with Crippen molar-refractivity contribution in [3.05, 3.63) is 35.9 Å². The highest BCUT2D eigenvalue weighted by Crippen LogP contribution is 2.33. The van der Waals surface area contributed by atoms with E-state index in [0.717, 1.165) is 12.0 Å². The Hall–Kier alpha value is -1.40. The van der Waals surface area contributed by atoms with E-state index in [0.29, 0.717) is 13.0 Å². The minimum atomic E-state index is -3.36. The number of hydrogen-bond acceptors (Lipinski definition) is 3. The second-order valence-electron chi connectivity index (χ2n) is 5.48. The average molecular weight is 294 g/mol. The summed E-state index contributed by atoms with van der Waals surface area (Å²) < 4.78 is 26.6. The third kappa shape index (κ3) is 2.23. The Bertz CT molecular complexity index is 615. The number of carbonyl (C=O) groups is 1. The van der Waals surface area contributed by atoms with Crippen molar-refractivity contribution in [2.24, 2.45) is 0 Å². The van der Waals surface area contributed by atoms with E-state index in [4.69, 9.17) is 0 Å². The highest BCUT2D eigenvalue weighted by molar-refractivity contribution is 7.88. The van der Waals surface area contributed by atoms with Crippen LogP contribution in [0.5, 0.6) is 0 Å². The lowest BCUT2D eigenvalue weighted by Gasteiger charge is -2.23. The van der Waals surface area contributed by atoms with Crippen molar-refractivity contribution in [2.75, 3.05) is 13.6 Å². The van der Waals surface area contributed by atoms with Crippen molar-refractivity contribution in [3.63, 3.8) is 0 Å². The molecule has 6 heteroatoms. The number of fused-ring (bicyclic) bond motifs is 1. The topological polar surface area (TPSA) is 57.7 Å². The van der Waals surface area contributed by atoms with Gasteiger partial charge in [0, 0.05) is 26.1 Å². The highest BCUT2D eigenvalue weighted by Gasteiger charge is 2.48. The molecule has 2 fully saturated rings. The lowest BCUT2D eigenvalue weighted by Crippen LogP contribution is -2.39. The van der Waals surface area contributed by atoms with Crippen molar-refractivity contribution >= 4 is 15.9 Å². The number of likely N-dealkylation sites (tertiary alicyclic amines) is 1. The van der Waals surface area contributed by atoms with Crippen LogP contribution in [0, 0.1) is 0 Å². The smallest absolute Gasteiger partial charge is 0.224 e. The molecule has 0 aromatic heterocycles. The number of nitrogens with zero attached hydrogens (tertiary/aromatic N) is 2. The highest BCUT2D eigenvalue weighted by atomic mass is 32.2. The number of amides is 1. The molecule has 0 spiro atoms. The SMILES string of the molecule is CN1C(=O)C[C@@H]2[C@@H]1CCN2S(=O)(=O)Cc1ccccc1. The predicted octanol–water partition coefficient (Wildman–Crippen LogP) is 0.821. The first-order chi connectivity index (χ1) is 9.49. The third-order valence-electron chi connectivity index (χ3n) is 4.28. The van der Waals surface area contributed by atoms with Crippen LogP contribution in [0.1, 0.15) is 18.4 Å². The summed E-state index contributed by atoms with van der Waals surface area (Å²) in [4.78, 5) is 13.4. The first kappa shape index (κ1) is 13.6. The number of rotatable bonds is 3. The van der Waals surface area contributed by atoms with Crippen LogP contribution in [-0.2, 0) is 20.6 Å². The van der Waals surface area contributed by atoms with Crippen LogP contribution in [0.4, 0.5) is 0 Å². The van der Waals surface area contributed by atoms with E-state index in [2.05, 4.69) is 0 Å². The second kappa shape index (κ2) is 4.86. The van der Waals surface area contributed by atoms with Crippen molar-refractivity contribution in [2.45, 2.75) is 30.7 Å². The maximum atomic E-state index is 12.6. The fourth-order valence-electron chi connectivity index (χ4n) is 3.22. The molecule has 0 bridgehead atoms. The van der Waals surface area contributed by atoms with Crippen molar-refractivity contribution in [1.82, 2.24) is 9.21 Å². The summed E-state index contributed by atoms with van der Waals surface area (Å²) in [6.07, 6.45) is 1.05. The molecule has 0 aliphatic carbocycles. The molecule has 3 rings (SSSR count). The van der Waals surface area contributed by atoms with Gasteiger partial charge in [-0.3, -0.25) is 4.79 Å². The molecule has 1 aromatic carbocycles. The van der Waals surface area contributed by atoms with Crippen LogP contribution < -0.4 is 0 Å². The van der Waals surface area contributed by atoms with Crippen LogP contribution in [-0.4, -0.2) is 49.2 Å². The van der Waals surface area contributed by atoms with E-state index >= 15 is 0 Å². The molecule has 2 saturated heterocycles. The van der Waals surface area contributed by atoms with Crippen molar-refractivity contribution in [1.29, 1.82) is 0 Å². The quantitative estimate of drug-likeness (QED) is 0.829. The standard InChI is InChI=1S/C14H18N2O3S/c1-15-12-7-8-16(13(12)9-14(15)17)20(18,19)10-11-5-3-2-4-6-11/h2-6,12-13H,7-10H2,1H3/t12-,13+/m0/s1. The Morgan fingerprint density at radius 2 is 1.90 bits per heavy atom. The van der Waals surface area contributed by atoms with Gasteiger partial charge in [0.15, 0.2) is 0 Å². The van der Waals surface area contributed by atoms with Gasteiger partial charge in [0.2, 0.25) is 15.9 Å². The van der Waals surface area contributed by atoms with Gasteiger partial charge in [0.25, 0.3) is 0 Å². The molecule has 2 aliphatic heterocycles. The fourth-order valence-corrected chi connectivity index (χ4v) is 5.01. The van der Waals surface area contributed by atoms with Crippen LogP contribution in [0.25, 0.3) is 0 Å². The summed E-state index contributed by atoms with van der Waals surface area (Å²) in [5, 5.41) is 0. The number of hydrogen-bond donors (Lipinski definition) is 0. The average Bonchev–Trinajstić information content (AvgIpc) is 2.93. The van der Waals surface area contributed by atoms with Gasteiger partial charge in [-0.05, 0) is 12.0 Å². The molecule has 0 saturated carbocycles. The van der Waals surface area contributed by atoms with E-state index in [1.54, 1.807) is 11.9 Å². The molecule has 1 aromatic rings. The zero-order valence-electron chi connectivity index (χ0n) is 11.4. The van der Waals surface area contributed by atoms with Gasteiger partial charge in [0.1, 0.15) is 0 Å². The molecule has 0 radical (unpaired) electrons. The third-order valence-corrected chi connectivity index (χ3v) is 6.15. The zero-order chi connectivity index (χ0) is 14.3. The molecule has 2 heterocycles. The molecule has 0 unspecified atom stereocenters. The molecule has 108 valence electrons. The summed E-state index contributed by atoms with van der Waals surface area (Å²) in [5.74, 6) is 0.0502. The van der Waals surface area contributed by atoms with Crippen LogP contribution in [0.15, 0.2) is 30.3 Å². The maximum absolute atomic E-state index is 12.6. The lowest BCUT2D eigenvalue weighted by atomic mass is 10.1. The second-order valence-corrected chi connectivity index (χ2v) is 7.41. The Balaban J connectivity index is 1.81. The summed E-state index contributed by atoms with van der Waals surface area (Å²) in [6, 6.07) is 9.05. The molecule has 2 aliphatic rings. The summed E-state index contributed by atoms with van der Waals surface area (Å²) in [7, 11) is -1.60. The van der Waals surface area contributed by atoms with E-state index in [-0.39, 0.29) is 23.7 Å². The van der Waals surface area contributed by atoms with Gasteiger partial charge in [-0.1, -0.05) is 30.3 Å². The van der Waals surface area contributed by atoms with E-state index in [1.807, 2.05) is 30.3 Å². The van der Waals surface area contributed by atoms with Gasteiger partial charge >= 0.3 is 0 Å². The maximum Gasteiger partial charge on any atom is 0.224 e. The number of benzene rings is 1. The van der Waals surface area contributed by atoms with Gasteiger partial charge in [0.05, 0.1) is 11.8 Å². The first-order valence-electron chi connectivity index (χ1n) is 6.78. The Morgan fingerprint density at radius 1 is 1.20 bits per heavy atom. The Morgan fingerprint density at radius 3 is 2.60 bits per heavy atom. The van der Waals surface area contributed by atoms with E-state index < -0.39 is 10.0 Å². The lowest BCUT2D eigenvalue weighted by molar-refractivity contribution is -0.127. The minimum absolute atomic E-state index is 0.00889. The van der Waals surface area contributed by atoms with Crippen LogP contribution in [0.3, 0.4) is 0 Å². The fraction of sp³-hybridized carbons (Fsp3) is 0.500. The van der Waals surface area contributed by atoms with E-state index in [9.17, 15) is 13.2 Å². The van der Waals surface area contributed by atoms with Gasteiger partial charge in [-0.15, -0.1) is 0 Å². The molecule has 20 heavy (non-hydrogen) atoms. The molecular weight excluding hydrogens is 276 g/mol. The predicted molar refractivity (Wildman–Crippen MR) is 75.4 cm³/mol. The van der Waals surface area contributed by atoms with Gasteiger partial charge in [-0.2, -0.15) is 4.31 Å². The summed E-state index contributed by atoms with van der Waals surface area (Å²) in [6.45, 7) is 0.516. The normalized spacial score (nSPS) is 27.1. The van der Waals surface area contributed by atoms with Crippen molar-refractivity contribution < 1.29 is 13.2 Å². The minimum Gasteiger partial charge on any atom is -0.341 e. The zero-order valence-corrected chi connectivity index (χ0v) is 12.2. The summed E-state index contributed by atoms with van der Waals surface area (Å²) >= 11 is 0. The largest absolute Gasteiger partial charge is 0.341 e. The number of carbonyl (C=O) groups excluding carboxylic acids is 1. The van der Waals surface area contributed by atoms with Gasteiger partial charge in [-0.25, -0.2) is 8.42 Å². The first-order valence-corrected chi connectivity index (χ1v) is 8.39. The molecule has 5 nitrogen and oxygen atoms in total. The number of sulfonamides is 1.